The molecule has 0 fully saturated rings. The number of ether oxygens (including phenoxy) is 1. The van der Waals surface area contributed by atoms with Crippen molar-refractivity contribution in [3.8, 4) is 5.75 Å². The van der Waals surface area contributed by atoms with Gasteiger partial charge in [-0.3, -0.25) is 0 Å². The Bertz CT molecular complexity index is 731. The maximum absolute atomic E-state index is 13.5. The van der Waals surface area contributed by atoms with Gasteiger partial charge in [0, 0.05) is 12.0 Å². The highest BCUT2D eigenvalue weighted by atomic mass is 19.1. The van der Waals surface area contributed by atoms with E-state index in [1.807, 2.05) is 30.3 Å². The van der Waals surface area contributed by atoms with Crippen LogP contribution in [0.1, 0.15) is 23.7 Å². The molecular weight excluding hydrogens is 285 g/mol. The van der Waals surface area contributed by atoms with Gasteiger partial charge >= 0.3 is 6.03 Å². The molecule has 3 rings (SSSR count). The minimum absolute atomic E-state index is 0.257. The number of nitrogens with zero attached hydrogens (tertiary/aromatic N) is 1. The van der Waals surface area contributed by atoms with E-state index in [9.17, 15) is 9.18 Å². The molecule has 2 amide bonds. The minimum Gasteiger partial charge on any atom is -0.485 e. The summed E-state index contributed by atoms with van der Waals surface area (Å²) in [6.07, 6.45) is 0.147. The summed E-state index contributed by atoms with van der Waals surface area (Å²) in [5.74, 6) is 0.124. The molecule has 0 saturated heterocycles. The summed E-state index contributed by atoms with van der Waals surface area (Å²) in [6, 6.07) is 13.1. The van der Waals surface area contributed by atoms with Crippen LogP contribution < -0.4 is 15.9 Å². The highest BCUT2D eigenvalue weighted by Gasteiger charge is 2.26. The fourth-order valence-electron chi connectivity index (χ4n) is 2.39. The number of hydrogen-bond acceptors (Lipinski definition) is 3. The molecule has 1 atom stereocenters. The van der Waals surface area contributed by atoms with Gasteiger partial charge < -0.3 is 10.5 Å². The van der Waals surface area contributed by atoms with Gasteiger partial charge in [-0.2, -0.15) is 5.10 Å². The molecule has 1 aliphatic rings. The maximum Gasteiger partial charge on any atom is 0.332 e. The summed E-state index contributed by atoms with van der Waals surface area (Å²) < 4.78 is 19.4. The van der Waals surface area contributed by atoms with E-state index in [4.69, 9.17) is 10.5 Å². The number of halogens is 1. The van der Waals surface area contributed by atoms with E-state index >= 15 is 0 Å². The smallest absolute Gasteiger partial charge is 0.332 e. The van der Waals surface area contributed by atoms with Crippen molar-refractivity contribution >= 4 is 11.7 Å². The first-order valence-corrected chi connectivity index (χ1v) is 6.77. The Kier molecular flexibility index (Phi) is 3.74. The Balaban J connectivity index is 1.99. The zero-order valence-corrected chi connectivity index (χ0v) is 11.6. The van der Waals surface area contributed by atoms with Crippen LogP contribution in [0.25, 0.3) is 0 Å². The van der Waals surface area contributed by atoms with Gasteiger partial charge in [0.1, 0.15) is 17.7 Å². The summed E-state index contributed by atoms with van der Waals surface area (Å²) in [7, 11) is 0. The van der Waals surface area contributed by atoms with Crippen LogP contribution in [-0.2, 0) is 0 Å². The molecule has 2 aromatic rings. The number of nitrogens with one attached hydrogen (secondary N) is 1. The van der Waals surface area contributed by atoms with Gasteiger partial charge in [-0.05, 0) is 23.8 Å². The molecule has 0 spiro atoms. The van der Waals surface area contributed by atoms with Gasteiger partial charge in [-0.25, -0.2) is 14.6 Å². The van der Waals surface area contributed by atoms with Gasteiger partial charge in [-0.15, -0.1) is 0 Å². The average Bonchev–Trinajstić information content (AvgIpc) is 2.53. The first-order chi connectivity index (χ1) is 10.6. The molecule has 2 aromatic carbocycles. The standard InChI is InChI=1S/C16H14FN3O2/c17-11-6-7-14-12(8-11)13(19-20-16(18)21)9-15(22-14)10-4-2-1-3-5-10/h1-8,15H,9H2,(H3,18,20,21)/b19-13+. The zero-order chi connectivity index (χ0) is 15.5. The topological polar surface area (TPSA) is 76.7 Å². The van der Waals surface area contributed by atoms with Gasteiger partial charge in [0.2, 0.25) is 0 Å². The summed E-state index contributed by atoms with van der Waals surface area (Å²) in [5, 5.41) is 3.99. The third-order valence-electron chi connectivity index (χ3n) is 3.37. The molecule has 112 valence electrons. The Morgan fingerprint density at radius 2 is 2.05 bits per heavy atom. The van der Waals surface area contributed by atoms with E-state index in [1.165, 1.54) is 12.1 Å². The van der Waals surface area contributed by atoms with Crippen LogP contribution in [0.3, 0.4) is 0 Å². The quantitative estimate of drug-likeness (QED) is 0.836. The number of nitrogens with two attached hydrogens (primary N) is 1. The number of rotatable bonds is 2. The van der Waals surface area contributed by atoms with Crippen LogP contribution >= 0.6 is 0 Å². The van der Waals surface area contributed by atoms with Gasteiger partial charge in [0.25, 0.3) is 0 Å². The average molecular weight is 299 g/mol. The lowest BCUT2D eigenvalue weighted by molar-refractivity contribution is 0.205. The van der Waals surface area contributed by atoms with Crippen molar-refractivity contribution in [3.05, 3.63) is 65.5 Å². The second-order valence-electron chi connectivity index (χ2n) is 4.90. The van der Waals surface area contributed by atoms with Crippen molar-refractivity contribution in [2.75, 3.05) is 0 Å². The van der Waals surface area contributed by atoms with E-state index in [0.29, 0.717) is 23.4 Å². The van der Waals surface area contributed by atoms with E-state index in [0.717, 1.165) is 5.56 Å². The number of fused-ring (bicyclic) bond motifs is 1. The van der Waals surface area contributed by atoms with Crippen molar-refractivity contribution in [3.63, 3.8) is 0 Å². The molecule has 0 radical (unpaired) electrons. The largest absolute Gasteiger partial charge is 0.485 e. The Hall–Kier alpha value is -2.89. The lowest BCUT2D eigenvalue weighted by atomic mass is 9.95. The second kappa shape index (κ2) is 5.85. The molecule has 1 heterocycles. The molecule has 1 unspecified atom stereocenters. The van der Waals surface area contributed by atoms with Crippen LogP contribution in [-0.4, -0.2) is 11.7 Å². The molecule has 5 nitrogen and oxygen atoms in total. The summed E-state index contributed by atoms with van der Waals surface area (Å²) in [5.41, 5.74) is 9.25. The van der Waals surface area contributed by atoms with Crippen LogP contribution in [0.2, 0.25) is 0 Å². The number of hydrazone groups is 1. The normalized spacial score (nSPS) is 18.4. The van der Waals surface area contributed by atoms with Crippen LogP contribution in [0.15, 0.2) is 53.6 Å². The van der Waals surface area contributed by atoms with Crippen LogP contribution in [0.5, 0.6) is 5.75 Å². The SMILES string of the molecule is NC(=O)N/N=C1\CC(c2ccccc2)Oc2ccc(F)cc21. The predicted molar refractivity (Wildman–Crippen MR) is 80.1 cm³/mol. The van der Waals surface area contributed by atoms with Crippen molar-refractivity contribution in [1.82, 2.24) is 5.43 Å². The van der Waals surface area contributed by atoms with E-state index in [1.54, 1.807) is 6.07 Å². The molecule has 3 N–H and O–H groups in total. The first kappa shape index (κ1) is 14.1. The lowest BCUT2D eigenvalue weighted by Gasteiger charge is -2.27. The van der Waals surface area contributed by atoms with Crippen LogP contribution in [0, 0.1) is 5.82 Å². The van der Waals surface area contributed by atoms with E-state index in [-0.39, 0.29) is 6.10 Å². The molecule has 6 heteroatoms. The summed E-state index contributed by atoms with van der Waals surface area (Å²) >= 11 is 0. The number of benzene rings is 2. The van der Waals surface area contributed by atoms with Crippen molar-refractivity contribution in [2.24, 2.45) is 10.8 Å². The van der Waals surface area contributed by atoms with Gasteiger partial charge in [0.05, 0.1) is 5.71 Å². The fourth-order valence-corrected chi connectivity index (χ4v) is 2.39. The molecular formula is C16H14FN3O2. The summed E-state index contributed by atoms with van der Waals surface area (Å²) in [6.45, 7) is 0. The minimum atomic E-state index is -0.770. The Labute approximate surface area is 126 Å². The summed E-state index contributed by atoms with van der Waals surface area (Å²) in [4.78, 5) is 10.9. The number of urea groups is 1. The third-order valence-corrected chi connectivity index (χ3v) is 3.37. The molecule has 0 aromatic heterocycles. The fraction of sp³-hybridized carbons (Fsp3) is 0.125. The monoisotopic (exact) mass is 299 g/mol. The van der Waals surface area contributed by atoms with Crippen molar-refractivity contribution in [2.45, 2.75) is 12.5 Å². The highest BCUT2D eigenvalue weighted by Crippen LogP contribution is 2.35. The van der Waals surface area contributed by atoms with Crippen molar-refractivity contribution < 1.29 is 13.9 Å². The Morgan fingerprint density at radius 1 is 1.27 bits per heavy atom. The maximum atomic E-state index is 13.5. The molecule has 22 heavy (non-hydrogen) atoms. The number of primary amides is 1. The second-order valence-corrected chi connectivity index (χ2v) is 4.90. The zero-order valence-electron chi connectivity index (χ0n) is 11.6. The van der Waals surface area contributed by atoms with E-state index < -0.39 is 11.8 Å². The predicted octanol–water partition coefficient (Wildman–Crippen LogP) is 2.72. The number of hydrogen-bond donors (Lipinski definition) is 2. The number of carbonyl (C=O) groups is 1. The number of carbonyl (C=O) groups excluding carboxylic acids is 1. The van der Waals surface area contributed by atoms with Gasteiger partial charge in [-0.1, -0.05) is 30.3 Å². The lowest BCUT2D eigenvalue weighted by Crippen LogP contribution is -2.28. The van der Waals surface area contributed by atoms with E-state index in [2.05, 4.69) is 10.5 Å². The molecule has 0 aliphatic carbocycles. The Morgan fingerprint density at radius 3 is 2.77 bits per heavy atom. The third kappa shape index (κ3) is 2.90. The number of amides is 2. The van der Waals surface area contributed by atoms with Gasteiger partial charge in [0.15, 0.2) is 0 Å². The molecule has 1 aliphatic heterocycles. The van der Waals surface area contributed by atoms with Crippen LogP contribution in [0.4, 0.5) is 9.18 Å². The highest BCUT2D eigenvalue weighted by molar-refractivity contribution is 6.04. The van der Waals surface area contributed by atoms with Crippen molar-refractivity contribution in [1.29, 1.82) is 0 Å². The molecule has 0 bridgehead atoms. The molecule has 0 saturated carbocycles. The first-order valence-electron chi connectivity index (χ1n) is 6.77.